The molecule has 0 bridgehead atoms. The second-order valence-corrected chi connectivity index (χ2v) is 5.78. The lowest BCUT2D eigenvalue weighted by molar-refractivity contribution is -0.144. The summed E-state index contributed by atoms with van der Waals surface area (Å²) in [4.78, 5) is 13.7. The molecule has 0 aromatic rings. The molecular formula is C14H25NO4. The molecule has 0 spiro atoms. The Bertz CT molecular complexity index is 308. The van der Waals surface area contributed by atoms with Crippen LogP contribution in [0.3, 0.4) is 0 Å². The molecule has 5 heteroatoms. The highest BCUT2D eigenvalue weighted by atomic mass is 16.7. The van der Waals surface area contributed by atoms with Crippen LogP contribution in [0.4, 0.5) is 0 Å². The number of esters is 1. The van der Waals surface area contributed by atoms with Gasteiger partial charge in [-0.05, 0) is 32.7 Å². The zero-order valence-corrected chi connectivity index (χ0v) is 12.1. The molecule has 110 valence electrons. The second kappa shape index (κ2) is 6.68. The first kappa shape index (κ1) is 14.8. The van der Waals surface area contributed by atoms with Crippen molar-refractivity contribution in [3.8, 4) is 0 Å². The first-order valence-electron chi connectivity index (χ1n) is 7.16. The summed E-state index contributed by atoms with van der Waals surface area (Å²) in [5.41, 5.74) is 0. The van der Waals surface area contributed by atoms with Gasteiger partial charge in [-0.25, -0.2) is 0 Å². The van der Waals surface area contributed by atoms with Crippen molar-refractivity contribution >= 4 is 5.97 Å². The summed E-state index contributed by atoms with van der Waals surface area (Å²) in [6.07, 6.45) is 2.14. The van der Waals surface area contributed by atoms with Gasteiger partial charge in [0.2, 0.25) is 0 Å². The van der Waals surface area contributed by atoms with Crippen molar-refractivity contribution in [2.45, 2.75) is 51.5 Å². The molecule has 5 nitrogen and oxygen atoms in total. The normalized spacial score (nSPS) is 32.1. The molecular weight excluding hydrogens is 246 g/mol. The van der Waals surface area contributed by atoms with E-state index in [1.165, 1.54) is 20.1 Å². The van der Waals surface area contributed by atoms with Gasteiger partial charge in [0.25, 0.3) is 0 Å². The fourth-order valence-corrected chi connectivity index (χ4v) is 2.80. The largest absolute Gasteiger partial charge is 0.469 e. The maximum Gasteiger partial charge on any atom is 0.308 e. The van der Waals surface area contributed by atoms with Crippen molar-refractivity contribution in [2.75, 3.05) is 26.8 Å². The monoisotopic (exact) mass is 271 g/mol. The number of hydrogen-bond acceptors (Lipinski definition) is 5. The van der Waals surface area contributed by atoms with E-state index in [4.69, 9.17) is 9.47 Å². The summed E-state index contributed by atoms with van der Waals surface area (Å²) in [6, 6.07) is 0.613. The Kier molecular flexibility index (Phi) is 5.19. The third-order valence-electron chi connectivity index (χ3n) is 4.01. The van der Waals surface area contributed by atoms with E-state index < -0.39 is 0 Å². The van der Waals surface area contributed by atoms with Gasteiger partial charge < -0.3 is 19.1 Å². The Labute approximate surface area is 115 Å². The Balaban J connectivity index is 1.69. The number of carbonyl (C=O) groups excluding carboxylic acids is 1. The van der Waals surface area contributed by atoms with E-state index >= 15 is 0 Å². The van der Waals surface area contributed by atoms with Crippen molar-refractivity contribution in [3.63, 3.8) is 0 Å². The quantitative estimate of drug-likeness (QED) is 0.708. The van der Waals surface area contributed by atoms with E-state index in [-0.39, 0.29) is 24.8 Å². The van der Waals surface area contributed by atoms with Crippen LogP contribution in [-0.4, -0.2) is 56.1 Å². The average molecular weight is 271 g/mol. The zero-order chi connectivity index (χ0) is 13.8. The molecule has 2 fully saturated rings. The average Bonchev–Trinajstić information content (AvgIpc) is 2.99. The summed E-state index contributed by atoms with van der Waals surface area (Å²) in [5.74, 6) is 0.408. The van der Waals surface area contributed by atoms with Crippen molar-refractivity contribution in [3.05, 3.63) is 0 Å². The number of methoxy groups -OCH3 is 1. The number of ether oxygens (including phenoxy) is 3. The minimum Gasteiger partial charge on any atom is -0.469 e. The lowest BCUT2D eigenvalue weighted by Crippen LogP contribution is -2.29. The van der Waals surface area contributed by atoms with Crippen molar-refractivity contribution in [1.29, 1.82) is 0 Å². The molecule has 19 heavy (non-hydrogen) atoms. The fourth-order valence-electron chi connectivity index (χ4n) is 2.80. The predicted octanol–water partition coefficient (Wildman–Crippen LogP) is 1.41. The van der Waals surface area contributed by atoms with Gasteiger partial charge in [0.05, 0.1) is 26.2 Å². The summed E-state index contributed by atoms with van der Waals surface area (Å²) < 4.78 is 16.0. The molecule has 3 unspecified atom stereocenters. The number of hydrogen-bond donors (Lipinski definition) is 0. The predicted molar refractivity (Wildman–Crippen MR) is 70.7 cm³/mol. The second-order valence-electron chi connectivity index (χ2n) is 5.78. The van der Waals surface area contributed by atoms with Crippen molar-refractivity contribution in [2.24, 2.45) is 5.92 Å². The molecule has 0 N–H and O–H groups in total. The third-order valence-corrected chi connectivity index (χ3v) is 4.01. The van der Waals surface area contributed by atoms with Crippen LogP contribution in [-0.2, 0) is 19.0 Å². The number of rotatable bonds is 5. The first-order chi connectivity index (χ1) is 9.08. The van der Waals surface area contributed by atoms with Gasteiger partial charge in [-0.3, -0.25) is 4.79 Å². The van der Waals surface area contributed by atoms with Crippen LogP contribution in [0.25, 0.3) is 0 Å². The summed E-state index contributed by atoms with van der Waals surface area (Å²) >= 11 is 0. The maximum absolute atomic E-state index is 11.2. The van der Waals surface area contributed by atoms with Gasteiger partial charge in [-0.2, -0.15) is 0 Å². The molecule has 0 amide bonds. The number of carbonyl (C=O) groups is 1. The molecule has 3 atom stereocenters. The number of likely N-dealkylation sites (tertiary alicyclic amines) is 1. The van der Waals surface area contributed by atoms with Gasteiger partial charge in [0.1, 0.15) is 0 Å². The van der Waals surface area contributed by atoms with E-state index in [0.717, 1.165) is 13.0 Å². The van der Waals surface area contributed by atoms with Gasteiger partial charge in [0.15, 0.2) is 6.29 Å². The molecule has 2 saturated heterocycles. The van der Waals surface area contributed by atoms with Gasteiger partial charge in [-0.15, -0.1) is 0 Å². The van der Waals surface area contributed by atoms with Crippen molar-refractivity contribution in [1.82, 2.24) is 4.90 Å². The summed E-state index contributed by atoms with van der Waals surface area (Å²) in [7, 11) is 1.40. The van der Waals surface area contributed by atoms with E-state index in [2.05, 4.69) is 23.5 Å². The van der Waals surface area contributed by atoms with Crippen LogP contribution in [0.2, 0.25) is 0 Å². The number of nitrogens with zero attached hydrogens (tertiary/aromatic N) is 1. The maximum atomic E-state index is 11.2. The topological polar surface area (TPSA) is 48.0 Å². The Morgan fingerprint density at radius 1 is 1.47 bits per heavy atom. The van der Waals surface area contributed by atoms with E-state index in [9.17, 15) is 4.79 Å². The molecule has 2 aliphatic rings. The van der Waals surface area contributed by atoms with Crippen LogP contribution in [0.15, 0.2) is 0 Å². The SMILES string of the molecule is COC(=O)CC1COC(CC2CCN(C(C)C)C2)O1. The third kappa shape index (κ3) is 4.16. The minimum atomic E-state index is -0.235. The van der Waals surface area contributed by atoms with Crippen molar-refractivity contribution < 1.29 is 19.0 Å². The van der Waals surface area contributed by atoms with Gasteiger partial charge in [0, 0.05) is 19.0 Å². The molecule has 0 aromatic heterocycles. The summed E-state index contributed by atoms with van der Waals surface area (Å²) in [5, 5.41) is 0. The van der Waals surface area contributed by atoms with E-state index in [1.54, 1.807) is 0 Å². The molecule has 0 aromatic carbocycles. The van der Waals surface area contributed by atoms with Gasteiger partial charge in [-0.1, -0.05) is 0 Å². The van der Waals surface area contributed by atoms with Crippen LogP contribution in [0, 0.1) is 5.92 Å². The van der Waals surface area contributed by atoms with E-state index in [0.29, 0.717) is 18.6 Å². The summed E-state index contributed by atoms with van der Waals surface area (Å²) in [6.45, 7) is 7.26. The van der Waals surface area contributed by atoms with E-state index in [1.807, 2.05) is 0 Å². The zero-order valence-electron chi connectivity index (χ0n) is 12.1. The highest BCUT2D eigenvalue weighted by molar-refractivity contribution is 5.69. The van der Waals surface area contributed by atoms with Crippen LogP contribution in [0.1, 0.15) is 33.1 Å². The Morgan fingerprint density at radius 3 is 2.89 bits per heavy atom. The van der Waals surface area contributed by atoms with Gasteiger partial charge >= 0.3 is 5.97 Å². The highest BCUT2D eigenvalue weighted by Gasteiger charge is 2.32. The first-order valence-corrected chi connectivity index (χ1v) is 7.16. The van der Waals surface area contributed by atoms with Crippen LogP contribution < -0.4 is 0 Å². The molecule has 0 saturated carbocycles. The molecule has 0 radical (unpaired) electrons. The smallest absolute Gasteiger partial charge is 0.308 e. The fraction of sp³-hybridized carbons (Fsp3) is 0.929. The van der Waals surface area contributed by atoms with Crippen LogP contribution in [0.5, 0.6) is 0 Å². The molecule has 0 aliphatic carbocycles. The molecule has 2 aliphatic heterocycles. The molecule has 2 rings (SSSR count). The Morgan fingerprint density at radius 2 is 2.26 bits per heavy atom. The lowest BCUT2D eigenvalue weighted by atomic mass is 10.1. The molecule has 2 heterocycles. The minimum absolute atomic E-state index is 0.139. The Hall–Kier alpha value is -0.650. The highest BCUT2D eigenvalue weighted by Crippen LogP contribution is 2.27. The van der Waals surface area contributed by atoms with Crippen LogP contribution >= 0.6 is 0 Å². The standard InChI is InChI=1S/C14H25NO4/c1-10(2)15-5-4-11(8-15)6-14-18-9-12(19-14)7-13(16)17-3/h10-12,14H,4-9H2,1-3H3. The lowest BCUT2D eigenvalue weighted by Gasteiger charge is -2.21.